The molecule has 0 aliphatic rings. The van der Waals surface area contributed by atoms with E-state index in [9.17, 15) is 14.4 Å². The quantitative estimate of drug-likeness (QED) is 0.139. The normalized spacial score (nSPS) is 12.7. The number of carbonyl (C=O) groups is 3. The van der Waals surface area contributed by atoms with E-state index < -0.39 is 29.8 Å². The second kappa shape index (κ2) is 11.6. The molecule has 9 heteroatoms. The third-order valence-corrected chi connectivity index (χ3v) is 2.69. The standard InChI is InChI=1S/C13H21N3O6/c1-4-21-8-22-13(19)11(6-5-10(17)7-15-14)16-12(18)9(2)20-3/h7,9,11H,4-6,8H2,1-3H3,(H,16,18)/t9-,11+/m1/s1. The van der Waals surface area contributed by atoms with E-state index >= 15 is 0 Å². The van der Waals surface area contributed by atoms with Crippen molar-refractivity contribution in [2.45, 2.75) is 38.8 Å². The zero-order valence-electron chi connectivity index (χ0n) is 12.9. The van der Waals surface area contributed by atoms with E-state index in [1.165, 1.54) is 14.0 Å². The first-order valence-electron chi connectivity index (χ1n) is 6.74. The molecule has 0 radical (unpaired) electrons. The van der Waals surface area contributed by atoms with Crippen LogP contribution in [0.25, 0.3) is 5.53 Å². The zero-order chi connectivity index (χ0) is 17.0. The van der Waals surface area contributed by atoms with Crippen LogP contribution in [0.3, 0.4) is 0 Å². The minimum absolute atomic E-state index is 0.00200. The molecule has 1 amide bonds. The summed E-state index contributed by atoms with van der Waals surface area (Å²) < 4.78 is 14.6. The average molecular weight is 315 g/mol. The molecule has 0 aliphatic carbocycles. The molecule has 0 fully saturated rings. The Morgan fingerprint density at radius 3 is 2.59 bits per heavy atom. The van der Waals surface area contributed by atoms with Crippen molar-refractivity contribution in [3.05, 3.63) is 5.53 Å². The van der Waals surface area contributed by atoms with Crippen molar-refractivity contribution in [2.75, 3.05) is 20.5 Å². The van der Waals surface area contributed by atoms with Crippen LogP contribution in [0.15, 0.2) is 0 Å². The van der Waals surface area contributed by atoms with E-state index in [2.05, 4.69) is 10.1 Å². The number of ketones is 1. The Morgan fingerprint density at radius 1 is 1.36 bits per heavy atom. The van der Waals surface area contributed by atoms with Crippen molar-refractivity contribution in [3.8, 4) is 0 Å². The van der Waals surface area contributed by atoms with Gasteiger partial charge in [-0.3, -0.25) is 9.59 Å². The highest BCUT2D eigenvalue weighted by Gasteiger charge is 2.25. The molecule has 9 nitrogen and oxygen atoms in total. The Kier molecular flexibility index (Phi) is 10.5. The topological polar surface area (TPSA) is 127 Å². The summed E-state index contributed by atoms with van der Waals surface area (Å²) in [5.74, 6) is -1.72. The van der Waals surface area contributed by atoms with Crippen LogP contribution < -0.4 is 5.32 Å². The Bertz CT molecular complexity index is 433. The number of esters is 1. The minimum Gasteiger partial charge on any atom is -0.437 e. The van der Waals surface area contributed by atoms with Gasteiger partial charge < -0.3 is 25.1 Å². The molecule has 1 N–H and O–H groups in total. The van der Waals surface area contributed by atoms with Gasteiger partial charge in [0.25, 0.3) is 0 Å². The summed E-state index contributed by atoms with van der Waals surface area (Å²) in [7, 11) is 1.36. The molecule has 0 saturated carbocycles. The molecule has 2 atom stereocenters. The molecule has 0 aromatic heterocycles. The molecule has 0 unspecified atom stereocenters. The number of nitrogens with zero attached hydrogens (tertiary/aromatic N) is 2. The third kappa shape index (κ3) is 8.25. The Morgan fingerprint density at radius 2 is 2.05 bits per heavy atom. The van der Waals surface area contributed by atoms with Gasteiger partial charge in [-0.1, -0.05) is 0 Å². The minimum atomic E-state index is -1.03. The van der Waals surface area contributed by atoms with Gasteiger partial charge in [0.15, 0.2) is 6.79 Å². The SMILES string of the molecule is CCOCOC(=O)[C@H](CCC(=O)C=[N+]=[N-])NC(=O)[C@@H](C)OC. The molecular formula is C13H21N3O6. The lowest BCUT2D eigenvalue weighted by molar-refractivity contribution is -0.160. The van der Waals surface area contributed by atoms with Gasteiger partial charge in [0.05, 0.1) is 0 Å². The van der Waals surface area contributed by atoms with Crippen LogP contribution in [0.1, 0.15) is 26.7 Å². The molecular weight excluding hydrogens is 294 g/mol. The van der Waals surface area contributed by atoms with E-state index in [1.54, 1.807) is 6.92 Å². The lowest BCUT2D eigenvalue weighted by Crippen LogP contribution is -2.46. The molecule has 124 valence electrons. The number of hydrogen-bond acceptors (Lipinski definition) is 6. The maximum absolute atomic E-state index is 11.9. The van der Waals surface area contributed by atoms with Crippen molar-refractivity contribution >= 4 is 23.9 Å². The summed E-state index contributed by atoms with van der Waals surface area (Å²) in [6.07, 6.45) is -0.128. The lowest BCUT2D eigenvalue weighted by atomic mass is 10.1. The summed E-state index contributed by atoms with van der Waals surface area (Å²) in [6.45, 7) is 3.38. The summed E-state index contributed by atoms with van der Waals surface area (Å²) in [5, 5.41) is 2.44. The van der Waals surface area contributed by atoms with Crippen LogP contribution in [-0.2, 0) is 28.6 Å². The van der Waals surface area contributed by atoms with Gasteiger partial charge in [-0.05, 0) is 20.3 Å². The maximum atomic E-state index is 11.9. The smallest absolute Gasteiger partial charge is 0.330 e. The van der Waals surface area contributed by atoms with Gasteiger partial charge >= 0.3 is 12.2 Å². The van der Waals surface area contributed by atoms with Crippen LogP contribution >= 0.6 is 0 Å². The number of hydrogen-bond donors (Lipinski definition) is 1. The fraction of sp³-hybridized carbons (Fsp3) is 0.692. The van der Waals surface area contributed by atoms with E-state index in [0.29, 0.717) is 6.61 Å². The number of nitrogens with one attached hydrogen (secondary N) is 1. The van der Waals surface area contributed by atoms with Crippen LogP contribution in [0.4, 0.5) is 0 Å². The number of Topliss-reactive ketones (excluding diaryl/α,β-unsaturated/α-hetero) is 1. The summed E-state index contributed by atoms with van der Waals surface area (Å²) in [4.78, 5) is 37.5. The van der Waals surface area contributed by atoms with Gasteiger partial charge in [0, 0.05) is 20.1 Å². The molecule has 0 aromatic rings. The van der Waals surface area contributed by atoms with Crippen LogP contribution in [0.5, 0.6) is 0 Å². The molecule has 0 rings (SSSR count). The first-order valence-corrected chi connectivity index (χ1v) is 6.74. The highest BCUT2D eigenvalue weighted by molar-refractivity contribution is 6.25. The first-order chi connectivity index (χ1) is 10.5. The van der Waals surface area contributed by atoms with E-state index in [1.807, 2.05) is 0 Å². The number of rotatable bonds is 11. The predicted octanol–water partition coefficient (Wildman–Crippen LogP) is -0.307. The summed E-state index contributed by atoms with van der Waals surface area (Å²) in [5.41, 5.74) is 8.26. The summed E-state index contributed by atoms with van der Waals surface area (Å²) >= 11 is 0. The monoisotopic (exact) mass is 315 g/mol. The van der Waals surface area contributed by atoms with Gasteiger partial charge in [0.2, 0.25) is 11.7 Å². The van der Waals surface area contributed by atoms with Gasteiger partial charge in [-0.2, -0.15) is 4.79 Å². The van der Waals surface area contributed by atoms with Gasteiger partial charge in [-0.15, -0.1) is 0 Å². The molecule has 0 spiro atoms. The van der Waals surface area contributed by atoms with Crippen molar-refractivity contribution in [3.63, 3.8) is 0 Å². The largest absolute Gasteiger partial charge is 0.437 e. The van der Waals surface area contributed by atoms with E-state index in [4.69, 9.17) is 19.7 Å². The fourth-order valence-corrected chi connectivity index (χ4v) is 1.34. The van der Waals surface area contributed by atoms with Crippen molar-refractivity contribution in [2.24, 2.45) is 0 Å². The van der Waals surface area contributed by atoms with Gasteiger partial charge in [0.1, 0.15) is 12.1 Å². The van der Waals surface area contributed by atoms with Crippen LogP contribution in [0.2, 0.25) is 0 Å². The Balaban J connectivity index is 4.67. The number of methoxy groups -OCH3 is 1. The lowest BCUT2D eigenvalue weighted by Gasteiger charge is -2.18. The second-order valence-electron chi connectivity index (χ2n) is 4.26. The molecule has 0 saturated heterocycles. The predicted molar refractivity (Wildman–Crippen MR) is 74.9 cm³/mol. The molecule has 0 aromatic carbocycles. The highest BCUT2D eigenvalue weighted by atomic mass is 16.7. The molecule has 0 bridgehead atoms. The average Bonchev–Trinajstić information content (AvgIpc) is 2.50. The van der Waals surface area contributed by atoms with Gasteiger partial charge in [-0.25, -0.2) is 4.79 Å². The van der Waals surface area contributed by atoms with E-state index in [-0.39, 0.29) is 19.6 Å². The van der Waals surface area contributed by atoms with Crippen molar-refractivity contribution in [1.29, 1.82) is 0 Å². The Hall–Kier alpha value is -2.09. The molecule has 0 heterocycles. The molecule has 22 heavy (non-hydrogen) atoms. The zero-order valence-corrected chi connectivity index (χ0v) is 12.9. The first kappa shape index (κ1) is 19.9. The molecule has 0 aliphatic heterocycles. The second-order valence-corrected chi connectivity index (χ2v) is 4.26. The highest BCUT2D eigenvalue weighted by Crippen LogP contribution is 2.03. The van der Waals surface area contributed by atoms with E-state index in [0.717, 1.165) is 6.21 Å². The Labute approximate surface area is 128 Å². The fourth-order valence-electron chi connectivity index (χ4n) is 1.34. The number of ether oxygens (including phenoxy) is 3. The number of carbonyl (C=O) groups excluding carboxylic acids is 3. The van der Waals surface area contributed by atoms with Crippen molar-refractivity contribution in [1.82, 2.24) is 5.32 Å². The van der Waals surface area contributed by atoms with Crippen molar-refractivity contribution < 1.29 is 33.4 Å². The number of amides is 1. The van der Waals surface area contributed by atoms with Crippen LogP contribution in [-0.4, -0.2) is 61.3 Å². The third-order valence-electron chi connectivity index (χ3n) is 2.69. The maximum Gasteiger partial charge on any atom is 0.330 e. The van der Waals surface area contributed by atoms with Crippen LogP contribution in [0, 0.1) is 0 Å². The summed E-state index contributed by atoms with van der Waals surface area (Å²) in [6, 6.07) is -1.03.